The van der Waals surface area contributed by atoms with Crippen LogP contribution in [0.1, 0.15) is 6.42 Å². The van der Waals surface area contributed by atoms with Crippen molar-refractivity contribution in [2.45, 2.75) is 6.42 Å². The fraction of sp³-hybridized carbons (Fsp3) is 0.333. The maximum atomic E-state index is 11.0. The van der Waals surface area contributed by atoms with Crippen molar-refractivity contribution in [3.63, 3.8) is 0 Å². The van der Waals surface area contributed by atoms with E-state index >= 15 is 0 Å². The highest BCUT2D eigenvalue weighted by atomic mass is 32.2. The summed E-state index contributed by atoms with van der Waals surface area (Å²) in [5.74, 6) is 0.528. The second kappa shape index (κ2) is 6.00. The van der Waals surface area contributed by atoms with E-state index in [-0.39, 0.29) is 11.4 Å². The monoisotopic (exact) mass is 310 g/mol. The van der Waals surface area contributed by atoms with Crippen LogP contribution in [0.4, 0.5) is 11.5 Å². The molecule has 0 fully saturated rings. The lowest BCUT2D eigenvalue weighted by molar-refractivity contribution is -0.384. The summed E-state index contributed by atoms with van der Waals surface area (Å²) in [5, 5.41) is 14.3. The topological polar surface area (TPSA) is 115 Å². The van der Waals surface area contributed by atoms with Crippen LogP contribution in [-0.2, 0) is 9.84 Å². The second-order valence-electron chi connectivity index (χ2n) is 4.59. The number of aromatic nitrogens is 2. The SMILES string of the molecule is CS(=O)(=O)CCCNc1ncnc2ccc([N+](=O)[O-])cc12. The van der Waals surface area contributed by atoms with Gasteiger partial charge in [-0.1, -0.05) is 0 Å². The minimum absolute atomic E-state index is 0.0449. The number of hydrogen-bond acceptors (Lipinski definition) is 7. The Kier molecular flexibility index (Phi) is 4.32. The molecule has 0 aliphatic heterocycles. The van der Waals surface area contributed by atoms with Crippen LogP contribution in [-0.4, -0.2) is 41.9 Å². The predicted molar refractivity (Wildman–Crippen MR) is 79.0 cm³/mol. The van der Waals surface area contributed by atoms with Gasteiger partial charge in [-0.2, -0.15) is 0 Å². The molecule has 1 heterocycles. The molecule has 0 radical (unpaired) electrons. The average Bonchev–Trinajstić information content (AvgIpc) is 2.42. The van der Waals surface area contributed by atoms with E-state index in [1.54, 1.807) is 6.07 Å². The van der Waals surface area contributed by atoms with Crippen molar-refractivity contribution in [3.8, 4) is 0 Å². The summed E-state index contributed by atoms with van der Waals surface area (Å²) in [5.41, 5.74) is 0.540. The van der Waals surface area contributed by atoms with Crippen molar-refractivity contribution >= 4 is 32.2 Å². The number of rotatable bonds is 6. The van der Waals surface area contributed by atoms with Gasteiger partial charge in [0.1, 0.15) is 22.0 Å². The van der Waals surface area contributed by atoms with Crippen LogP contribution in [0.25, 0.3) is 10.9 Å². The summed E-state index contributed by atoms with van der Waals surface area (Å²) < 4.78 is 22.1. The van der Waals surface area contributed by atoms with Crippen LogP contribution >= 0.6 is 0 Å². The Hall–Kier alpha value is -2.29. The molecule has 0 atom stereocenters. The number of non-ortho nitro benzene ring substituents is 1. The smallest absolute Gasteiger partial charge is 0.270 e. The normalized spacial score (nSPS) is 11.5. The minimum Gasteiger partial charge on any atom is -0.369 e. The van der Waals surface area contributed by atoms with E-state index in [1.165, 1.54) is 24.7 Å². The quantitative estimate of drug-likeness (QED) is 0.487. The van der Waals surface area contributed by atoms with Gasteiger partial charge in [0.2, 0.25) is 0 Å². The fourth-order valence-electron chi connectivity index (χ4n) is 1.84. The number of nitrogens with zero attached hydrogens (tertiary/aromatic N) is 3. The first-order valence-corrected chi connectivity index (χ1v) is 8.23. The van der Waals surface area contributed by atoms with Crippen molar-refractivity contribution in [2.24, 2.45) is 0 Å². The average molecular weight is 310 g/mol. The van der Waals surface area contributed by atoms with Crippen LogP contribution in [0.2, 0.25) is 0 Å². The molecule has 0 aliphatic rings. The highest BCUT2D eigenvalue weighted by molar-refractivity contribution is 7.90. The van der Waals surface area contributed by atoms with E-state index in [0.29, 0.717) is 29.7 Å². The molecule has 8 nitrogen and oxygen atoms in total. The van der Waals surface area contributed by atoms with Gasteiger partial charge in [0.05, 0.1) is 16.2 Å². The van der Waals surface area contributed by atoms with E-state index in [4.69, 9.17) is 0 Å². The molecule has 0 saturated carbocycles. The number of nitrogens with one attached hydrogen (secondary N) is 1. The van der Waals surface area contributed by atoms with Gasteiger partial charge in [-0.05, 0) is 12.5 Å². The molecule has 1 aromatic heterocycles. The number of sulfone groups is 1. The molecule has 9 heteroatoms. The van der Waals surface area contributed by atoms with Gasteiger partial charge >= 0.3 is 0 Å². The third-order valence-corrected chi connectivity index (χ3v) is 3.84. The fourth-order valence-corrected chi connectivity index (χ4v) is 2.51. The maximum absolute atomic E-state index is 11.0. The van der Waals surface area contributed by atoms with Crippen LogP contribution < -0.4 is 5.32 Å². The van der Waals surface area contributed by atoms with Crippen molar-refractivity contribution < 1.29 is 13.3 Å². The molecular weight excluding hydrogens is 296 g/mol. The Morgan fingerprint density at radius 3 is 2.76 bits per heavy atom. The largest absolute Gasteiger partial charge is 0.369 e. The molecule has 1 aromatic carbocycles. The summed E-state index contributed by atoms with van der Waals surface area (Å²) in [6, 6.07) is 4.33. The maximum Gasteiger partial charge on any atom is 0.270 e. The number of nitro benzene ring substituents is 1. The lowest BCUT2D eigenvalue weighted by Gasteiger charge is -2.07. The molecule has 0 spiro atoms. The molecule has 1 N–H and O–H groups in total. The van der Waals surface area contributed by atoms with E-state index in [1.807, 2.05) is 0 Å². The highest BCUT2D eigenvalue weighted by Gasteiger charge is 2.10. The van der Waals surface area contributed by atoms with Crippen molar-refractivity contribution in [1.29, 1.82) is 0 Å². The number of anilines is 1. The first-order chi connectivity index (χ1) is 9.87. The third kappa shape index (κ3) is 4.09. The van der Waals surface area contributed by atoms with Crippen LogP contribution in [0.15, 0.2) is 24.5 Å². The molecule has 0 amide bonds. The number of nitro groups is 1. The Morgan fingerprint density at radius 1 is 1.33 bits per heavy atom. The predicted octanol–water partition coefficient (Wildman–Crippen LogP) is 1.38. The third-order valence-electron chi connectivity index (χ3n) is 2.81. The van der Waals surface area contributed by atoms with E-state index in [2.05, 4.69) is 15.3 Å². The molecule has 2 rings (SSSR count). The van der Waals surface area contributed by atoms with E-state index in [9.17, 15) is 18.5 Å². The Bertz CT molecular complexity index is 776. The Labute approximate surface area is 121 Å². The number of fused-ring (bicyclic) bond motifs is 1. The van der Waals surface area contributed by atoms with Gasteiger partial charge in [-0.25, -0.2) is 18.4 Å². The van der Waals surface area contributed by atoms with E-state index < -0.39 is 14.8 Å². The lowest BCUT2D eigenvalue weighted by atomic mass is 10.2. The van der Waals surface area contributed by atoms with Gasteiger partial charge < -0.3 is 5.32 Å². The van der Waals surface area contributed by atoms with Crippen molar-refractivity contribution in [1.82, 2.24) is 9.97 Å². The lowest BCUT2D eigenvalue weighted by Crippen LogP contribution is -2.10. The Balaban J connectivity index is 2.19. The highest BCUT2D eigenvalue weighted by Crippen LogP contribution is 2.24. The van der Waals surface area contributed by atoms with Crippen LogP contribution in [0.5, 0.6) is 0 Å². The molecule has 0 saturated heterocycles. The van der Waals surface area contributed by atoms with Gasteiger partial charge in [0.25, 0.3) is 5.69 Å². The first kappa shape index (κ1) is 15.1. The molecule has 0 bridgehead atoms. The molecule has 2 aromatic rings. The zero-order chi connectivity index (χ0) is 15.5. The zero-order valence-corrected chi connectivity index (χ0v) is 12.1. The molecule has 0 unspecified atom stereocenters. The first-order valence-electron chi connectivity index (χ1n) is 6.17. The van der Waals surface area contributed by atoms with Gasteiger partial charge in [-0.3, -0.25) is 10.1 Å². The Morgan fingerprint density at radius 2 is 2.10 bits per heavy atom. The summed E-state index contributed by atoms with van der Waals surface area (Å²) >= 11 is 0. The summed E-state index contributed by atoms with van der Waals surface area (Å²) in [7, 11) is -3.00. The number of benzene rings is 1. The second-order valence-corrected chi connectivity index (χ2v) is 6.85. The molecular formula is C12H14N4O4S. The summed E-state index contributed by atoms with van der Waals surface area (Å²) in [6.07, 6.45) is 2.96. The van der Waals surface area contributed by atoms with E-state index in [0.717, 1.165) is 0 Å². The van der Waals surface area contributed by atoms with Crippen LogP contribution in [0.3, 0.4) is 0 Å². The zero-order valence-electron chi connectivity index (χ0n) is 11.3. The van der Waals surface area contributed by atoms with Gasteiger partial charge in [0.15, 0.2) is 0 Å². The summed E-state index contributed by atoms with van der Waals surface area (Å²) in [6.45, 7) is 0.405. The van der Waals surface area contributed by atoms with Crippen molar-refractivity contribution in [2.75, 3.05) is 23.9 Å². The van der Waals surface area contributed by atoms with Crippen molar-refractivity contribution in [3.05, 3.63) is 34.6 Å². The molecule has 112 valence electrons. The minimum atomic E-state index is -3.00. The molecule has 0 aliphatic carbocycles. The van der Waals surface area contributed by atoms with Gasteiger partial charge in [-0.15, -0.1) is 0 Å². The molecule has 21 heavy (non-hydrogen) atoms. The van der Waals surface area contributed by atoms with Gasteiger partial charge in [0, 0.05) is 30.3 Å². The summed E-state index contributed by atoms with van der Waals surface area (Å²) in [4.78, 5) is 18.4. The van der Waals surface area contributed by atoms with Crippen LogP contribution in [0, 0.1) is 10.1 Å². The number of hydrogen-bond donors (Lipinski definition) is 1. The standard InChI is InChI=1S/C12H14N4O4S/c1-21(19,20)6-2-5-13-12-10-7-9(16(17)18)3-4-11(10)14-8-15-12/h3-4,7-8H,2,5-6H2,1H3,(H,13,14,15).